The molecule has 0 aliphatic rings. The van der Waals surface area contributed by atoms with Crippen molar-refractivity contribution in [1.29, 1.82) is 0 Å². The number of furan rings is 1. The lowest BCUT2D eigenvalue weighted by Crippen LogP contribution is -1.94. The summed E-state index contributed by atoms with van der Waals surface area (Å²) in [6, 6.07) is 5.90. The number of nitrogens with two attached hydrogens (primary N) is 1. The van der Waals surface area contributed by atoms with Crippen LogP contribution in [-0.4, -0.2) is 9.38 Å². The Morgan fingerprint density at radius 3 is 2.89 bits per heavy atom. The molecule has 0 amide bonds. The van der Waals surface area contributed by atoms with Crippen LogP contribution < -0.4 is 5.73 Å². The average molecular weight is 320 g/mol. The maximum Gasteiger partial charge on any atom is 0.156 e. The Hall–Kier alpha value is -1.75. The third-order valence-corrected chi connectivity index (χ3v) is 3.58. The maximum atomic E-state index is 6.18. The fraction of sp³-hybridized carbons (Fsp3) is 0.214. The number of fused-ring (bicyclic) bond motifs is 1. The Labute approximate surface area is 119 Å². The van der Waals surface area contributed by atoms with Crippen molar-refractivity contribution in [2.45, 2.75) is 20.3 Å². The highest BCUT2D eigenvalue weighted by Crippen LogP contribution is 2.30. The zero-order chi connectivity index (χ0) is 13.6. The van der Waals surface area contributed by atoms with E-state index in [2.05, 4.69) is 27.8 Å². The van der Waals surface area contributed by atoms with Crippen molar-refractivity contribution >= 4 is 27.4 Å². The first kappa shape index (κ1) is 12.3. The molecule has 5 heteroatoms. The first-order valence-corrected chi connectivity index (χ1v) is 6.92. The molecule has 3 aromatic rings. The van der Waals surface area contributed by atoms with Crippen LogP contribution in [0.5, 0.6) is 0 Å². The molecule has 0 spiro atoms. The van der Waals surface area contributed by atoms with Crippen LogP contribution in [0.25, 0.3) is 17.1 Å². The summed E-state index contributed by atoms with van der Waals surface area (Å²) in [5.41, 5.74) is 8.79. The van der Waals surface area contributed by atoms with Crippen molar-refractivity contribution in [3.05, 3.63) is 40.2 Å². The van der Waals surface area contributed by atoms with Gasteiger partial charge in [0.25, 0.3) is 0 Å². The van der Waals surface area contributed by atoms with E-state index in [9.17, 15) is 0 Å². The first-order valence-electron chi connectivity index (χ1n) is 6.13. The largest absolute Gasteiger partial charge is 0.459 e. The van der Waals surface area contributed by atoms with Gasteiger partial charge in [-0.05, 0) is 46.6 Å². The molecule has 0 radical (unpaired) electrons. The van der Waals surface area contributed by atoms with Crippen molar-refractivity contribution in [3.63, 3.8) is 0 Å². The molecule has 19 heavy (non-hydrogen) atoms. The lowest BCUT2D eigenvalue weighted by Gasteiger charge is -2.00. The molecule has 0 aliphatic heterocycles. The highest BCUT2D eigenvalue weighted by atomic mass is 79.9. The number of pyridine rings is 1. The number of nitrogen functional groups attached to an aromatic ring is 1. The first-order chi connectivity index (χ1) is 9.10. The van der Waals surface area contributed by atoms with Crippen LogP contribution in [0.1, 0.15) is 18.2 Å². The van der Waals surface area contributed by atoms with Crippen LogP contribution in [0, 0.1) is 6.92 Å². The monoisotopic (exact) mass is 319 g/mol. The summed E-state index contributed by atoms with van der Waals surface area (Å²) in [6.45, 7) is 4.06. The van der Waals surface area contributed by atoms with Crippen LogP contribution >= 0.6 is 15.9 Å². The van der Waals surface area contributed by atoms with Gasteiger partial charge in [-0.15, -0.1) is 0 Å². The van der Waals surface area contributed by atoms with Gasteiger partial charge in [-0.1, -0.05) is 6.92 Å². The van der Waals surface area contributed by atoms with Gasteiger partial charge in [0.2, 0.25) is 0 Å². The van der Waals surface area contributed by atoms with Crippen LogP contribution in [0.15, 0.2) is 33.3 Å². The third-order valence-electron chi connectivity index (χ3n) is 3.15. The fourth-order valence-electron chi connectivity index (χ4n) is 2.16. The molecule has 98 valence electrons. The molecular weight excluding hydrogens is 306 g/mol. The lowest BCUT2D eigenvalue weighted by atomic mass is 10.3. The standard InChI is InChI=1S/C14H14BrN3O/c1-3-10-4-5-11(19-10)12-13(16)18-7-9(15)6-8(2)14(18)17-12/h4-7H,3,16H2,1-2H3. The van der Waals surface area contributed by atoms with Gasteiger partial charge in [-0.3, -0.25) is 4.40 Å². The van der Waals surface area contributed by atoms with E-state index in [-0.39, 0.29) is 0 Å². The van der Waals surface area contributed by atoms with E-state index >= 15 is 0 Å². The normalized spacial score (nSPS) is 11.3. The van der Waals surface area contributed by atoms with Crippen LogP contribution in [0.4, 0.5) is 5.82 Å². The molecule has 3 rings (SSSR count). The molecular formula is C14H14BrN3O. The Morgan fingerprint density at radius 1 is 1.42 bits per heavy atom. The van der Waals surface area contributed by atoms with E-state index in [0.717, 1.165) is 27.9 Å². The molecule has 0 saturated carbocycles. The molecule has 4 nitrogen and oxygen atoms in total. The molecule has 0 fully saturated rings. The smallest absolute Gasteiger partial charge is 0.156 e. The highest BCUT2D eigenvalue weighted by molar-refractivity contribution is 9.10. The van der Waals surface area contributed by atoms with Crippen molar-refractivity contribution in [1.82, 2.24) is 9.38 Å². The summed E-state index contributed by atoms with van der Waals surface area (Å²) in [5, 5.41) is 0. The maximum absolute atomic E-state index is 6.18. The number of halogens is 1. The van der Waals surface area contributed by atoms with Crippen molar-refractivity contribution in [2.24, 2.45) is 0 Å². The second kappa shape index (κ2) is 4.42. The minimum Gasteiger partial charge on any atom is -0.459 e. The molecule has 3 aromatic heterocycles. The molecule has 0 aromatic carbocycles. The molecule has 0 unspecified atom stereocenters. The van der Waals surface area contributed by atoms with E-state index in [1.165, 1.54) is 0 Å². The molecule has 2 N–H and O–H groups in total. The predicted octanol–water partition coefficient (Wildman–Crippen LogP) is 3.81. The second-order valence-corrected chi connectivity index (χ2v) is 5.42. The number of aromatic nitrogens is 2. The zero-order valence-electron chi connectivity index (χ0n) is 10.8. The van der Waals surface area contributed by atoms with Crippen molar-refractivity contribution in [2.75, 3.05) is 5.73 Å². The van der Waals surface area contributed by atoms with E-state index in [1.54, 1.807) is 0 Å². The number of hydrogen-bond acceptors (Lipinski definition) is 3. The average Bonchev–Trinajstić information content (AvgIpc) is 2.95. The molecule has 0 saturated heterocycles. The van der Waals surface area contributed by atoms with Crippen molar-refractivity contribution in [3.8, 4) is 11.5 Å². The minimum absolute atomic E-state index is 0.594. The Kier molecular flexibility index (Phi) is 2.86. The zero-order valence-corrected chi connectivity index (χ0v) is 12.4. The van der Waals surface area contributed by atoms with Crippen LogP contribution in [0.2, 0.25) is 0 Å². The Balaban J connectivity index is 2.25. The van der Waals surface area contributed by atoms with Gasteiger partial charge >= 0.3 is 0 Å². The number of imidazole rings is 1. The van der Waals surface area contributed by atoms with E-state index in [4.69, 9.17) is 10.2 Å². The second-order valence-electron chi connectivity index (χ2n) is 4.50. The Morgan fingerprint density at radius 2 is 2.21 bits per heavy atom. The molecule has 0 bridgehead atoms. The van der Waals surface area contributed by atoms with Gasteiger partial charge in [-0.2, -0.15) is 0 Å². The highest BCUT2D eigenvalue weighted by Gasteiger charge is 2.16. The van der Waals surface area contributed by atoms with E-state index < -0.39 is 0 Å². The fourth-order valence-corrected chi connectivity index (χ4v) is 2.71. The third kappa shape index (κ3) is 1.94. The van der Waals surface area contributed by atoms with Crippen molar-refractivity contribution < 1.29 is 4.42 Å². The van der Waals surface area contributed by atoms with Gasteiger partial charge < -0.3 is 10.2 Å². The summed E-state index contributed by atoms with van der Waals surface area (Å²) in [7, 11) is 0. The topological polar surface area (TPSA) is 56.5 Å². The molecule has 3 heterocycles. The molecule has 0 atom stereocenters. The summed E-state index contributed by atoms with van der Waals surface area (Å²) in [4.78, 5) is 4.59. The summed E-state index contributed by atoms with van der Waals surface area (Å²) in [5.74, 6) is 2.24. The van der Waals surface area contributed by atoms with Crippen LogP contribution in [0.3, 0.4) is 0 Å². The van der Waals surface area contributed by atoms with E-state index in [0.29, 0.717) is 17.3 Å². The quantitative estimate of drug-likeness (QED) is 0.781. The van der Waals surface area contributed by atoms with Gasteiger partial charge in [-0.25, -0.2) is 4.98 Å². The van der Waals surface area contributed by atoms with Gasteiger partial charge in [0.15, 0.2) is 5.76 Å². The summed E-state index contributed by atoms with van der Waals surface area (Å²) < 4.78 is 8.58. The van der Waals surface area contributed by atoms with Gasteiger partial charge in [0.05, 0.1) is 0 Å². The van der Waals surface area contributed by atoms with Crippen LogP contribution in [-0.2, 0) is 6.42 Å². The lowest BCUT2D eigenvalue weighted by molar-refractivity contribution is 0.528. The molecule has 0 aliphatic carbocycles. The number of aryl methyl sites for hydroxylation is 2. The minimum atomic E-state index is 0.594. The number of rotatable bonds is 2. The summed E-state index contributed by atoms with van der Waals surface area (Å²) >= 11 is 3.47. The SMILES string of the molecule is CCc1ccc(-c2nc3c(C)cc(Br)cn3c2N)o1. The van der Waals surface area contributed by atoms with Gasteiger partial charge in [0, 0.05) is 17.1 Å². The van der Waals surface area contributed by atoms with E-state index in [1.807, 2.05) is 35.7 Å². The summed E-state index contributed by atoms with van der Waals surface area (Å²) in [6.07, 6.45) is 2.77. The Bertz CT molecular complexity index is 757. The predicted molar refractivity (Wildman–Crippen MR) is 79.1 cm³/mol. The number of hydrogen-bond donors (Lipinski definition) is 1. The number of nitrogens with zero attached hydrogens (tertiary/aromatic N) is 2. The number of anilines is 1. The van der Waals surface area contributed by atoms with Gasteiger partial charge in [0.1, 0.15) is 22.9 Å².